The van der Waals surface area contributed by atoms with Crippen LogP contribution in [0, 0.1) is 6.92 Å². The van der Waals surface area contributed by atoms with E-state index in [1.54, 1.807) is 0 Å². The topological polar surface area (TPSA) is 35.2 Å². The monoisotopic (exact) mass is 241 g/mol. The van der Waals surface area contributed by atoms with Gasteiger partial charge in [-0.15, -0.1) is 0 Å². The minimum Gasteiger partial charge on any atom is -0.457 e. The van der Waals surface area contributed by atoms with Gasteiger partial charge < -0.3 is 10.5 Å². The summed E-state index contributed by atoms with van der Waals surface area (Å²) in [7, 11) is 0. The number of hydrogen-bond donors (Lipinski definition) is 1. The average Bonchev–Trinajstić information content (AvgIpc) is 2.41. The molecule has 0 saturated heterocycles. The first-order valence-electron chi connectivity index (χ1n) is 6.32. The molecule has 0 heterocycles. The zero-order valence-corrected chi connectivity index (χ0v) is 10.7. The number of benzene rings is 2. The maximum atomic E-state index is 6.00. The first kappa shape index (κ1) is 12.7. The fraction of sp³-hybridized carbons (Fsp3) is 0.250. The van der Waals surface area contributed by atoms with Gasteiger partial charge in [-0.25, -0.2) is 0 Å². The molecule has 94 valence electrons. The van der Waals surface area contributed by atoms with Crippen LogP contribution < -0.4 is 10.5 Å². The Morgan fingerprint density at radius 2 is 1.78 bits per heavy atom. The highest BCUT2D eigenvalue weighted by molar-refractivity contribution is 5.43. The Morgan fingerprint density at radius 3 is 2.50 bits per heavy atom. The van der Waals surface area contributed by atoms with E-state index in [9.17, 15) is 0 Å². The second-order valence-corrected chi connectivity index (χ2v) is 4.37. The van der Waals surface area contributed by atoms with Gasteiger partial charge in [0.05, 0.1) is 0 Å². The molecule has 18 heavy (non-hydrogen) atoms. The van der Waals surface area contributed by atoms with Gasteiger partial charge in [0.2, 0.25) is 0 Å². The van der Waals surface area contributed by atoms with Crippen LogP contribution in [0.5, 0.6) is 11.5 Å². The molecular formula is C16H19NO. The fourth-order valence-electron chi connectivity index (χ4n) is 1.96. The van der Waals surface area contributed by atoms with Crippen LogP contribution in [0.15, 0.2) is 48.5 Å². The third-order valence-electron chi connectivity index (χ3n) is 2.91. The largest absolute Gasteiger partial charge is 0.457 e. The number of rotatable bonds is 5. The zero-order valence-electron chi connectivity index (χ0n) is 10.7. The third-order valence-corrected chi connectivity index (χ3v) is 2.91. The van der Waals surface area contributed by atoms with Gasteiger partial charge in [-0.2, -0.15) is 0 Å². The van der Waals surface area contributed by atoms with Crippen LogP contribution in [0.4, 0.5) is 0 Å². The van der Waals surface area contributed by atoms with E-state index in [4.69, 9.17) is 10.5 Å². The maximum Gasteiger partial charge on any atom is 0.133 e. The summed E-state index contributed by atoms with van der Waals surface area (Å²) in [6, 6.07) is 16.1. The standard InChI is InChI=1S/C16H19NO/c1-13-7-5-8-14(9-6-12-17)16(13)18-15-10-3-2-4-11-15/h2-5,7-8,10-11H,6,9,12,17H2,1H3. The van der Waals surface area contributed by atoms with Crippen molar-refractivity contribution in [3.63, 3.8) is 0 Å². The smallest absolute Gasteiger partial charge is 0.133 e. The lowest BCUT2D eigenvalue weighted by Gasteiger charge is -2.13. The van der Waals surface area contributed by atoms with Gasteiger partial charge in [-0.1, -0.05) is 36.4 Å². The third kappa shape index (κ3) is 3.11. The Morgan fingerprint density at radius 1 is 1.00 bits per heavy atom. The molecule has 2 aromatic rings. The fourth-order valence-corrected chi connectivity index (χ4v) is 1.96. The summed E-state index contributed by atoms with van der Waals surface area (Å²) in [6.45, 7) is 2.78. The van der Waals surface area contributed by atoms with E-state index in [1.807, 2.05) is 30.3 Å². The van der Waals surface area contributed by atoms with E-state index in [2.05, 4.69) is 25.1 Å². The summed E-state index contributed by atoms with van der Waals surface area (Å²) < 4.78 is 6.00. The lowest BCUT2D eigenvalue weighted by molar-refractivity contribution is 0.471. The Hall–Kier alpha value is -1.80. The lowest BCUT2D eigenvalue weighted by Crippen LogP contribution is -2.02. The number of para-hydroxylation sites is 2. The Labute approximate surface area is 108 Å². The second kappa shape index (κ2) is 6.22. The van der Waals surface area contributed by atoms with Crippen molar-refractivity contribution in [3.8, 4) is 11.5 Å². The second-order valence-electron chi connectivity index (χ2n) is 4.37. The van der Waals surface area contributed by atoms with Gasteiger partial charge in [-0.3, -0.25) is 0 Å². The minimum atomic E-state index is 0.707. The van der Waals surface area contributed by atoms with Crippen molar-refractivity contribution in [2.24, 2.45) is 5.73 Å². The van der Waals surface area contributed by atoms with Crippen molar-refractivity contribution in [1.29, 1.82) is 0 Å². The van der Waals surface area contributed by atoms with Gasteiger partial charge in [0.1, 0.15) is 11.5 Å². The van der Waals surface area contributed by atoms with Gasteiger partial charge in [0.15, 0.2) is 0 Å². The van der Waals surface area contributed by atoms with E-state index in [-0.39, 0.29) is 0 Å². The maximum absolute atomic E-state index is 6.00. The predicted octanol–water partition coefficient (Wildman–Crippen LogP) is 3.68. The summed E-state index contributed by atoms with van der Waals surface area (Å²) >= 11 is 0. The van der Waals surface area contributed by atoms with Crippen molar-refractivity contribution in [1.82, 2.24) is 0 Å². The van der Waals surface area contributed by atoms with Crippen molar-refractivity contribution >= 4 is 0 Å². The summed E-state index contributed by atoms with van der Waals surface area (Å²) in [5.41, 5.74) is 7.96. The molecule has 2 heteroatoms. The van der Waals surface area contributed by atoms with Crippen LogP contribution in [0.25, 0.3) is 0 Å². The number of aryl methyl sites for hydroxylation is 2. The molecule has 0 aliphatic heterocycles. The van der Waals surface area contributed by atoms with Gasteiger partial charge in [-0.05, 0) is 49.6 Å². The normalized spacial score (nSPS) is 10.3. The van der Waals surface area contributed by atoms with E-state index >= 15 is 0 Å². The SMILES string of the molecule is Cc1cccc(CCCN)c1Oc1ccccc1. The number of hydrogen-bond acceptors (Lipinski definition) is 2. The predicted molar refractivity (Wildman–Crippen MR) is 75.1 cm³/mol. The van der Waals surface area contributed by atoms with Crippen LogP contribution in [-0.2, 0) is 6.42 Å². The Bertz CT molecular complexity index is 494. The average molecular weight is 241 g/mol. The van der Waals surface area contributed by atoms with Crippen LogP contribution in [0.1, 0.15) is 17.5 Å². The van der Waals surface area contributed by atoms with Gasteiger partial charge >= 0.3 is 0 Å². The van der Waals surface area contributed by atoms with Crippen LogP contribution in [0.2, 0.25) is 0 Å². The molecule has 0 unspecified atom stereocenters. The lowest BCUT2D eigenvalue weighted by atomic mass is 10.1. The van der Waals surface area contributed by atoms with Crippen molar-refractivity contribution in [2.75, 3.05) is 6.54 Å². The molecule has 0 aliphatic carbocycles. The van der Waals surface area contributed by atoms with Crippen molar-refractivity contribution in [2.45, 2.75) is 19.8 Å². The highest BCUT2D eigenvalue weighted by atomic mass is 16.5. The molecule has 2 N–H and O–H groups in total. The summed E-state index contributed by atoms with van der Waals surface area (Å²) in [5, 5.41) is 0. The van der Waals surface area contributed by atoms with E-state index in [0.717, 1.165) is 29.9 Å². The van der Waals surface area contributed by atoms with Crippen molar-refractivity contribution < 1.29 is 4.74 Å². The van der Waals surface area contributed by atoms with E-state index < -0.39 is 0 Å². The molecule has 2 rings (SSSR count). The zero-order chi connectivity index (χ0) is 12.8. The molecule has 0 aromatic heterocycles. The summed E-state index contributed by atoms with van der Waals surface area (Å²) in [6.07, 6.45) is 1.94. The van der Waals surface area contributed by atoms with E-state index in [1.165, 1.54) is 5.56 Å². The molecular weight excluding hydrogens is 222 g/mol. The highest BCUT2D eigenvalue weighted by Gasteiger charge is 2.07. The van der Waals surface area contributed by atoms with Crippen molar-refractivity contribution in [3.05, 3.63) is 59.7 Å². The number of nitrogens with two attached hydrogens (primary N) is 1. The first-order chi connectivity index (χ1) is 8.81. The summed E-state index contributed by atoms with van der Waals surface area (Å²) in [5.74, 6) is 1.85. The number of ether oxygens (including phenoxy) is 1. The molecule has 2 nitrogen and oxygen atoms in total. The van der Waals surface area contributed by atoms with Gasteiger partial charge in [0.25, 0.3) is 0 Å². The summed E-state index contributed by atoms with van der Waals surface area (Å²) in [4.78, 5) is 0. The van der Waals surface area contributed by atoms with E-state index in [0.29, 0.717) is 6.54 Å². The first-order valence-corrected chi connectivity index (χ1v) is 6.32. The molecule has 0 amide bonds. The quantitative estimate of drug-likeness (QED) is 0.866. The molecule has 0 bridgehead atoms. The minimum absolute atomic E-state index is 0.707. The van der Waals surface area contributed by atoms with Crippen LogP contribution in [-0.4, -0.2) is 6.54 Å². The molecule has 0 aliphatic rings. The Balaban J connectivity index is 2.25. The van der Waals surface area contributed by atoms with Crippen LogP contribution >= 0.6 is 0 Å². The molecule has 0 spiro atoms. The van der Waals surface area contributed by atoms with Gasteiger partial charge in [0, 0.05) is 0 Å². The molecule has 0 saturated carbocycles. The molecule has 2 aromatic carbocycles. The Kier molecular flexibility index (Phi) is 4.37. The highest BCUT2D eigenvalue weighted by Crippen LogP contribution is 2.29. The van der Waals surface area contributed by atoms with Crippen LogP contribution in [0.3, 0.4) is 0 Å². The molecule has 0 fully saturated rings. The molecule has 0 radical (unpaired) electrons. The molecule has 0 atom stereocenters.